The number of hydrogen-bond acceptors (Lipinski definition) is 6. The van der Waals surface area contributed by atoms with E-state index in [2.05, 4.69) is 14.8 Å². The highest BCUT2D eigenvalue weighted by Gasteiger charge is 2.42. The van der Waals surface area contributed by atoms with Crippen LogP contribution in [0.25, 0.3) is 0 Å². The van der Waals surface area contributed by atoms with Gasteiger partial charge >= 0.3 is 24.1 Å². The lowest BCUT2D eigenvalue weighted by atomic mass is 9.87. The molecule has 0 aliphatic rings. The number of hydrogen-bond donors (Lipinski definition) is 2. The second-order valence-corrected chi connectivity index (χ2v) is 5.75. The molecule has 0 saturated carbocycles. The summed E-state index contributed by atoms with van der Waals surface area (Å²) < 4.78 is 46.7. The Morgan fingerprint density at radius 2 is 1.46 bits per heavy atom. The molecule has 11 heteroatoms. The zero-order chi connectivity index (χ0) is 21.6. The zero-order valence-corrected chi connectivity index (χ0v) is 15.1. The molecule has 0 heterocycles. The molecular weight excluding hydrogens is 387 g/mol. The van der Waals surface area contributed by atoms with E-state index in [1.54, 1.807) is 0 Å². The maximum absolute atomic E-state index is 12.6. The average Bonchev–Trinajstić information content (AvgIpc) is 2.64. The largest absolute Gasteiger partial charge is 0.480 e. The summed E-state index contributed by atoms with van der Waals surface area (Å²) in [6.07, 6.45) is -4.60. The van der Waals surface area contributed by atoms with Crippen LogP contribution in [0.1, 0.15) is 22.8 Å². The number of nitrogens with one attached hydrogen (secondary N) is 1. The molecule has 0 spiro atoms. The van der Waals surface area contributed by atoms with E-state index in [1.807, 2.05) is 0 Å². The fourth-order valence-corrected chi connectivity index (χ4v) is 2.43. The van der Waals surface area contributed by atoms with Crippen LogP contribution in [-0.4, -0.2) is 49.2 Å². The van der Waals surface area contributed by atoms with Gasteiger partial charge in [0.15, 0.2) is 5.92 Å². The zero-order valence-electron chi connectivity index (χ0n) is 15.1. The molecule has 0 radical (unpaired) electrons. The third-order valence-electron chi connectivity index (χ3n) is 3.99. The van der Waals surface area contributed by atoms with E-state index >= 15 is 0 Å². The molecule has 0 fully saturated rings. The molecule has 1 aromatic rings. The predicted molar refractivity (Wildman–Crippen MR) is 87.0 cm³/mol. The molecule has 2 N–H and O–H groups in total. The number of carboxylic acids is 1. The van der Waals surface area contributed by atoms with Crippen molar-refractivity contribution in [2.24, 2.45) is 11.8 Å². The highest BCUT2D eigenvalue weighted by atomic mass is 19.4. The summed E-state index contributed by atoms with van der Waals surface area (Å²) in [6.45, 7) is 1.21. The molecule has 8 nitrogen and oxygen atoms in total. The summed E-state index contributed by atoms with van der Waals surface area (Å²) in [5.41, 5.74) is -1.22. The van der Waals surface area contributed by atoms with Gasteiger partial charge in [-0.1, -0.05) is 6.92 Å². The Kier molecular flexibility index (Phi) is 7.53. The van der Waals surface area contributed by atoms with Gasteiger partial charge in [0.1, 0.15) is 6.04 Å². The van der Waals surface area contributed by atoms with Crippen LogP contribution in [0.2, 0.25) is 0 Å². The summed E-state index contributed by atoms with van der Waals surface area (Å²) in [6, 6.07) is 1.36. The normalized spacial score (nSPS) is 13.4. The quantitative estimate of drug-likeness (QED) is 0.521. The van der Waals surface area contributed by atoms with Crippen LogP contribution in [0, 0.1) is 11.8 Å². The minimum Gasteiger partial charge on any atom is -0.480 e. The Morgan fingerprint density at radius 1 is 1.00 bits per heavy atom. The first-order valence-corrected chi connectivity index (χ1v) is 7.80. The van der Waals surface area contributed by atoms with Gasteiger partial charge in [-0.05, 0) is 24.3 Å². The predicted octanol–water partition coefficient (Wildman–Crippen LogP) is 1.49. The number of amides is 1. The van der Waals surface area contributed by atoms with Crippen molar-refractivity contribution in [3.63, 3.8) is 0 Å². The number of methoxy groups -OCH3 is 2. The standard InChI is InChI=1S/C17H18F3NO7/c1-8(11(15(25)27-2)16(26)28-3)12(14(23)24)21-13(22)9-4-6-10(7-5-9)17(18,19)20/h4-8,11-12H,1-3H3,(H,21,22)(H,23,24)/t8-,12-/m0/s1. The minimum absolute atomic E-state index is 0.237. The summed E-state index contributed by atoms with van der Waals surface area (Å²) >= 11 is 0. The van der Waals surface area contributed by atoms with Crippen LogP contribution in [0.5, 0.6) is 0 Å². The van der Waals surface area contributed by atoms with Crippen molar-refractivity contribution >= 4 is 23.8 Å². The van der Waals surface area contributed by atoms with Gasteiger partial charge in [-0.2, -0.15) is 13.2 Å². The molecule has 0 aliphatic carbocycles. The van der Waals surface area contributed by atoms with E-state index in [0.717, 1.165) is 26.4 Å². The number of carboxylic acid groups (broad SMARTS) is 1. The minimum atomic E-state index is -4.60. The molecule has 1 rings (SSSR count). The van der Waals surface area contributed by atoms with Crippen LogP contribution >= 0.6 is 0 Å². The number of ether oxygens (including phenoxy) is 2. The van der Waals surface area contributed by atoms with Gasteiger partial charge in [0.05, 0.1) is 19.8 Å². The van der Waals surface area contributed by atoms with Gasteiger partial charge in [-0.3, -0.25) is 14.4 Å². The van der Waals surface area contributed by atoms with E-state index < -0.39 is 53.4 Å². The van der Waals surface area contributed by atoms with Gasteiger partial charge in [0.2, 0.25) is 0 Å². The molecule has 0 aliphatic heterocycles. The van der Waals surface area contributed by atoms with Crippen molar-refractivity contribution in [1.82, 2.24) is 5.32 Å². The Labute approximate surface area is 157 Å². The highest BCUT2D eigenvalue weighted by Crippen LogP contribution is 2.29. The first kappa shape index (κ1) is 22.9. The number of rotatable bonds is 7. The summed E-state index contributed by atoms with van der Waals surface area (Å²) in [5.74, 6) is -7.60. The van der Waals surface area contributed by atoms with Crippen LogP contribution in [-0.2, 0) is 30.0 Å². The molecule has 0 aromatic heterocycles. The molecule has 0 unspecified atom stereocenters. The number of benzene rings is 1. The lowest BCUT2D eigenvalue weighted by molar-refractivity contribution is -0.162. The fraction of sp³-hybridized carbons (Fsp3) is 0.412. The smallest absolute Gasteiger partial charge is 0.416 e. The van der Waals surface area contributed by atoms with Crippen molar-refractivity contribution < 1.29 is 46.9 Å². The molecule has 28 heavy (non-hydrogen) atoms. The third-order valence-corrected chi connectivity index (χ3v) is 3.99. The van der Waals surface area contributed by atoms with E-state index in [0.29, 0.717) is 12.1 Å². The van der Waals surface area contributed by atoms with Crippen molar-refractivity contribution in [2.45, 2.75) is 19.1 Å². The monoisotopic (exact) mass is 405 g/mol. The Bertz CT molecular complexity index is 730. The number of carbonyl (C=O) groups excluding carboxylic acids is 3. The van der Waals surface area contributed by atoms with Gasteiger partial charge in [0.25, 0.3) is 5.91 Å². The van der Waals surface area contributed by atoms with E-state index in [1.165, 1.54) is 6.92 Å². The number of carbonyl (C=O) groups is 4. The van der Waals surface area contributed by atoms with E-state index in [4.69, 9.17) is 0 Å². The maximum Gasteiger partial charge on any atom is 0.416 e. The van der Waals surface area contributed by atoms with E-state index in [9.17, 15) is 37.5 Å². The summed E-state index contributed by atoms with van der Waals surface area (Å²) in [7, 11) is 1.98. The fourth-order valence-electron chi connectivity index (χ4n) is 2.43. The highest BCUT2D eigenvalue weighted by molar-refractivity contribution is 5.98. The maximum atomic E-state index is 12.6. The van der Waals surface area contributed by atoms with Gasteiger partial charge in [-0.15, -0.1) is 0 Å². The number of esters is 2. The number of halogens is 3. The topological polar surface area (TPSA) is 119 Å². The third kappa shape index (κ3) is 5.44. The van der Waals surface area contributed by atoms with Crippen molar-refractivity contribution in [3.05, 3.63) is 35.4 Å². The second-order valence-electron chi connectivity index (χ2n) is 5.75. The lowest BCUT2D eigenvalue weighted by Crippen LogP contribution is -2.50. The molecule has 0 bridgehead atoms. The summed E-state index contributed by atoms with van der Waals surface area (Å²) in [4.78, 5) is 47.5. The average molecular weight is 405 g/mol. The molecule has 2 atom stereocenters. The first-order chi connectivity index (χ1) is 12.9. The second kappa shape index (κ2) is 9.20. The van der Waals surface area contributed by atoms with E-state index in [-0.39, 0.29) is 5.56 Å². The van der Waals surface area contributed by atoms with Crippen LogP contribution in [0.3, 0.4) is 0 Å². The van der Waals surface area contributed by atoms with Crippen molar-refractivity contribution in [1.29, 1.82) is 0 Å². The Morgan fingerprint density at radius 3 is 1.82 bits per heavy atom. The lowest BCUT2D eigenvalue weighted by Gasteiger charge is -2.26. The molecule has 154 valence electrons. The van der Waals surface area contributed by atoms with Gasteiger partial charge in [-0.25, -0.2) is 4.79 Å². The van der Waals surface area contributed by atoms with Crippen molar-refractivity contribution in [2.75, 3.05) is 14.2 Å². The van der Waals surface area contributed by atoms with Crippen molar-refractivity contribution in [3.8, 4) is 0 Å². The Balaban J connectivity index is 3.08. The molecule has 0 saturated heterocycles. The van der Waals surface area contributed by atoms with Crippen LogP contribution in [0.4, 0.5) is 13.2 Å². The first-order valence-electron chi connectivity index (χ1n) is 7.80. The van der Waals surface area contributed by atoms with Crippen LogP contribution < -0.4 is 5.32 Å². The molecular formula is C17H18F3NO7. The van der Waals surface area contributed by atoms with Crippen LogP contribution in [0.15, 0.2) is 24.3 Å². The number of aliphatic carboxylic acids is 1. The summed E-state index contributed by atoms with van der Waals surface area (Å²) in [5, 5.41) is 11.5. The van der Waals surface area contributed by atoms with Gasteiger partial charge < -0.3 is 19.9 Å². The SMILES string of the molecule is COC(=O)C(C(=O)OC)[C@H](C)[C@H](NC(=O)c1ccc(C(F)(F)F)cc1)C(=O)O. The molecule has 1 aromatic carbocycles. The molecule has 1 amide bonds. The number of alkyl halides is 3. The van der Waals surface area contributed by atoms with Gasteiger partial charge in [0, 0.05) is 11.5 Å². The Hall–Kier alpha value is -3.11.